The SMILES string of the molecule is CCOc1ccc(C(=O)c2c(CC)cc3n2CCCC3C(=O)OCCC(C)C)cc1. The van der Waals surface area contributed by atoms with E-state index in [0.717, 1.165) is 49.2 Å². The van der Waals surface area contributed by atoms with Crippen LogP contribution in [-0.4, -0.2) is 29.5 Å². The second-order valence-electron chi connectivity index (χ2n) is 8.28. The number of aromatic nitrogens is 1. The molecule has 5 heteroatoms. The van der Waals surface area contributed by atoms with Crippen molar-refractivity contribution < 1.29 is 19.1 Å². The highest BCUT2D eigenvalue weighted by Crippen LogP contribution is 2.34. The molecule has 0 amide bonds. The minimum Gasteiger partial charge on any atom is -0.494 e. The predicted octanol–water partition coefficient (Wildman–Crippen LogP) is 5.15. The van der Waals surface area contributed by atoms with Crippen LogP contribution in [-0.2, 0) is 22.5 Å². The molecule has 1 aromatic heterocycles. The minimum atomic E-state index is -0.293. The van der Waals surface area contributed by atoms with Crippen molar-refractivity contribution in [1.82, 2.24) is 4.57 Å². The molecule has 0 aliphatic carbocycles. The maximum Gasteiger partial charge on any atom is 0.314 e. The summed E-state index contributed by atoms with van der Waals surface area (Å²) < 4.78 is 13.1. The standard InChI is InChI=1S/C25H33NO4/c1-5-18-16-22-21(25(28)30-15-13-17(3)4)8-7-14-26(22)23(18)24(27)19-9-11-20(12-10-19)29-6-2/h9-12,16-17,21H,5-8,13-15H2,1-4H3. The lowest BCUT2D eigenvalue weighted by molar-refractivity contribution is -0.146. The first-order chi connectivity index (χ1) is 14.5. The van der Waals surface area contributed by atoms with Crippen LogP contribution in [0.5, 0.6) is 5.75 Å². The van der Waals surface area contributed by atoms with Crippen molar-refractivity contribution in [3.8, 4) is 5.75 Å². The van der Waals surface area contributed by atoms with Gasteiger partial charge in [-0.05, 0) is 74.4 Å². The molecule has 1 aliphatic heterocycles. The van der Waals surface area contributed by atoms with Crippen LogP contribution in [0.4, 0.5) is 0 Å². The Morgan fingerprint density at radius 1 is 1.17 bits per heavy atom. The van der Waals surface area contributed by atoms with Crippen molar-refractivity contribution in [2.75, 3.05) is 13.2 Å². The Kier molecular flexibility index (Phi) is 7.35. The monoisotopic (exact) mass is 411 g/mol. The second kappa shape index (κ2) is 9.96. The van der Waals surface area contributed by atoms with Crippen LogP contribution in [0.2, 0.25) is 0 Å². The Hall–Kier alpha value is -2.56. The van der Waals surface area contributed by atoms with E-state index in [0.29, 0.717) is 30.4 Å². The van der Waals surface area contributed by atoms with Crippen molar-refractivity contribution in [3.05, 3.63) is 52.8 Å². The zero-order valence-corrected chi connectivity index (χ0v) is 18.6. The lowest BCUT2D eigenvalue weighted by atomic mass is 9.96. The number of nitrogens with zero attached hydrogens (tertiary/aromatic N) is 1. The van der Waals surface area contributed by atoms with Gasteiger partial charge in [0.15, 0.2) is 0 Å². The Morgan fingerprint density at radius 3 is 2.53 bits per heavy atom. The molecule has 0 bridgehead atoms. The van der Waals surface area contributed by atoms with Crippen LogP contribution in [0.15, 0.2) is 30.3 Å². The average Bonchev–Trinajstić information content (AvgIpc) is 3.12. The van der Waals surface area contributed by atoms with Gasteiger partial charge in [0.25, 0.3) is 0 Å². The van der Waals surface area contributed by atoms with Crippen molar-refractivity contribution in [2.45, 2.75) is 65.8 Å². The van der Waals surface area contributed by atoms with E-state index in [-0.39, 0.29) is 17.7 Å². The number of hydrogen-bond donors (Lipinski definition) is 0. The quantitative estimate of drug-likeness (QED) is 0.423. The van der Waals surface area contributed by atoms with Crippen LogP contribution in [0.25, 0.3) is 0 Å². The van der Waals surface area contributed by atoms with Crippen molar-refractivity contribution >= 4 is 11.8 Å². The molecule has 2 aromatic rings. The van der Waals surface area contributed by atoms with Gasteiger partial charge in [-0.25, -0.2) is 0 Å². The van der Waals surface area contributed by atoms with Gasteiger partial charge >= 0.3 is 5.97 Å². The van der Waals surface area contributed by atoms with Gasteiger partial charge in [-0.15, -0.1) is 0 Å². The number of hydrogen-bond acceptors (Lipinski definition) is 4. The first-order valence-electron chi connectivity index (χ1n) is 11.1. The number of rotatable bonds is 9. The number of esters is 1. The predicted molar refractivity (Wildman–Crippen MR) is 117 cm³/mol. The summed E-state index contributed by atoms with van der Waals surface area (Å²) in [5, 5.41) is 0. The van der Waals surface area contributed by atoms with E-state index in [1.165, 1.54) is 0 Å². The molecule has 1 aromatic carbocycles. The molecule has 5 nitrogen and oxygen atoms in total. The Labute approximate surface area is 179 Å². The molecule has 0 saturated carbocycles. The molecular weight excluding hydrogens is 378 g/mol. The van der Waals surface area contributed by atoms with E-state index >= 15 is 0 Å². The third kappa shape index (κ3) is 4.77. The summed E-state index contributed by atoms with van der Waals surface area (Å²) in [7, 11) is 0. The Bertz CT molecular complexity index is 879. The topological polar surface area (TPSA) is 57.5 Å². The van der Waals surface area contributed by atoms with Crippen LogP contribution in [0, 0.1) is 5.92 Å². The number of ether oxygens (including phenoxy) is 2. The lowest BCUT2D eigenvalue weighted by Gasteiger charge is -2.25. The van der Waals surface area contributed by atoms with Crippen molar-refractivity contribution in [1.29, 1.82) is 0 Å². The first-order valence-corrected chi connectivity index (χ1v) is 11.1. The van der Waals surface area contributed by atoms with Gasteiger partial charge < -0.3 is 14.0 Å². The lowest BCUT2D eigenvalue weighted by Crippen LogP contribution is -2.26. The summed E-state index contributed by atoms with van der Waals surface area (Å²) in [5.74, 6) is 0.786. The summed E-state index contributed by atoms with van der Waals surface area (Å²) >= 11 is 0. The molecule has 3 rings (SSSR count). The summed E-state index contributed by atoms with van der Waals surface area (Å²) in [5.41, 5.74) is 3.25. The molecule has 0 saturated heterocycles. The molecule has 0 N–H and O–H groups in total. The van der Waals surface area contributed by atoms with Gasteiger partial charge in [0, 0.05) is 17.8 Å². The minimum absolute atomic E-state index is 0.00465. The molecule has 2 heterocycles. The molecule has 162 valence electrons. The maximum absolute atomic E-state index is 13.4. The van der Waals surface area contributed by atoms with Crippen LogP contribution in [0.3, 0.4) is 0 Å². The average molecular weight is 412 g/mol. The van der Waals surface area contributed by atoms with Crippen LogP contribution in [0.1, 0.15) is 80.2 Å². The summed E-state index contributed by atoms with van der Waals surface area (Å²) in [4.78, 5) is 26.1. The number of carbonyl (C=O) groups excluding carboxylic acids is 2. The number of benzene rings is 1. The van der Waals surface area contributed by atoms with Crippen LogP contribution >= 0.6 is 0 Å². The third-order valence-corrected chi connectivity index (χ3v) is 5.69. The second-order valence-corrected chi connectivity index (χ2v) is 8.28. The normalized spacial score (nSPS) is 15.7. The third-order valence-electron chi connectivity index (χ3n) is 5.69. The largest absolute Gasteiger partial charge is 0.494 e. The smallest absolute Gasteiger partial charge is 0.314 e. The fourth-order valence-corrected chi connectivity index (χ4v) is 4.04. The van der Waals surface area contributed by atoms with Gasteiger partial charge in [0.2, 0.25) is 5.78 Å². The van der Waals surface area contributed by atoms with Gasteiger partial charge in [-0.2, -0.15) is 0 Å². The van der Waals surface area contributed by atoms with E-state index in [2.05, 4.69) is 18.4 Å². The fourth-order valence-electron chi connectivity index (χ4n) is 4.04. The zero-order valence-electron chi connectivity index (χ0n) is 18.6. The van der Waals surface area contributed by atoms with E-state index in [4.69, 9.17) is 9.47 Å². The highest BCUT2D eigenvalue weighted by molar-refractivity contribution is 6.09. The van der Waals surface area contributed by atoms with Gasteiger partial charge in [0.1, 0.15) is 5.75 Å². The summed E-state index contributed by atoms with van der Waals surface area (Å²) in [6.07, 6.45) is 3.23. The molecule has 0 spiro atoms. The van der Waals surface area contributed by atoms with E-state index < -0.39 is 0 Å². The number of ketones is 1. The zero-order chi connectivity index (χ0) is 21.7. The number of carbonyl (C=O) groups is 2. The molecule has 1 aliphatic rings. The number of fused-ring (bicyclic) bond motifs is 1. The highest BCUT2D eigenvalue weighted by atomic mass is 16.5. The highest BCUT2D eigenvalue weighted by Gasteiger charge is 2.32. The van der Waals surface area contributed by atoms with Crippen molar-refractivity contribution in [2.24, 2.45) is 5.92 Å². The van der Waals surface area contributed by atoms with Gasteiger partial charge in [-0.1, -0.05) is 20.8 Å². The van der Waals surface area contributed by atoms with Gasteiger partial charge in [-0.3, -0.25) is 9.59 Å². The molecule has 0 fully saturated rings. The van der Waals surface area contributed by atoms with E-state index in [1.807, 2.05) is 44.2 Å². The molecule has 30 heavy (non-hydrogen) atoms. The fraction of sp³-hybridized carbons (Fsp3) is 0.520. The number of aryl methyl sites for hydroxylation is 1. The Morgan fingerprint density at radius 2 is 1.90 bits per heavy atom. The van der Waals surface area contributed by atoms with Crippen LogP contribution < -0.4 is 4.74 Å². The first kappa shape index (κ1) is 22.1. The maximum atomic E-state index is 13.4. The molecular formula is C25H33NO4. The summed E-state index contributed by atoms with van der Waals surface area (Å²) in [6, 6.07) is 9.32. The Balaban J connectivity index is 1.87. The molecule has 0 radical (unpaired) electrons. The molecule has 1 atom stereocenters. The van der Waals surface area contributed by atoms with E-state index in [1.54, 1.807) is 0 Å². The van der Waals surface area contributed by atoms with E-state index in [9.17, 15) is 9.59 Å². The van der Waals surface area contributed by atoms with Gasteiger partial charge in [0.05, 0.1) is 24.8 Å². The van der Waals surface area contributed by atoms with Crippen molar-refractivity contribution in [3.63, 3.8) is 0 Å². The summed E-state index contributed by atoms with van der Waals surface area (Å²) in [6.45, 7) is 10.0. The molecule has 1 unspecified atom stereocenters.